The van der Waals surface area contributed by atoms with Crippen molar-refractivity contribution in [3.63, 3.8) is 0 Å². The smallest absolute Gasteiger partial charge is 0.357 e. The number of rotatable bonds is 1. The third kappa shape index (κ3) is 1.16. The lowest BCUT2D eigenvalue weighted by Crippen LogP contribution is -2.04. The van der Waals surface area contributed by atoms with E-state index in [0.29, 0.717) is 15.7 Å². The van der Waals surface area contributed by atoms with Gasteiger partial charge in [0.05, 0.1) is 12.6 Å². The second-order valence-electron chi connectivity index (χ2n) is 2.86. The topological polar surface area (TPSA) is 31.2 Å². The molecule has 1 heterocycles. The van der Waals surface area contributed by atoms with E-state index < -0.39 is 5.97 Å². The lowest BCUT2D eigenvalue weighted by Gasteiger charge is -1.96. The molecule has 3 nitrogen and oxygen atoms in total. The van der Waals surface area contributed by atoms with Crippen molar-refractivity contribution in [3.05, 3.63) is 36.0 Å². The molecule has 2 rings (SSSR count). The molecular formula is C10H8FNO2. The van der Waals surface area contributed by atoms with Crippen molar-refractivity contribution >= 4 is 16.9 Å². The average Bonchev–Trinajstić information content (AvgIpc) is 2.56. The number of halogens is 1. The van der Waals surface area contributed by atoms with Crippen LogP contribution in [0.25, 0.3) is 10.9 Å². The summed E-state index contributed by atoms with van der Waals surface area (Å²) in [6.45, 7) is 0. The third-order valence-electron chi connectivity index (χ3n) is 2.05. The van der Waals surface area contributed by atoms with E-state index >= 15 is 0 Å². The van der Waals surface area contributed by atoms with Gasteiger partial charge in [0.1, 0.15) is 0 Å². The molecule has 0 unspecified atom stereocenters. The van der Waals surface area contributed by atoms with Crippen LogP contribution in [0.15, 0.2) is 30.3 Å². The number of ether oxygens (including phenoxy) is 1. The maximum absolute atomic E-state index is 13.5. The molecule has 1 aromatic carbocycles. The fourth-order valence-electron chi connectivity index (χ4n) is 1.37. The number of nitrogens with zero attached hydrogens (tertiary/aromatic N) is 1. The molecule has 0 N–H and O–H groups in total. The van der Waals surface area contributed by atoms with Crippen molar-refractivity contribution in [1.82, 2.24) is 4.79 Å². The Balaban J connectivity index is 2.68. The van der Waals surface area contributed by atoms with E-state index in [4.69, 9.17) is 0 Å². The van der Waals surface area contributed by atoms with Crippen LogP contribution < -0.4 is 0 Å². The molecule has 0 amide bonds. The summed E-state index contributed by atoms with van der Waals surface area (Å²) in [5.74, 6) is -0.677. The maximum atomic E-state index is 13.5. The fourth-order valence-corrected chi connectivity index (χ4v) is 1.37. The number of para-hydroxylation sites is 1. The fraction of sp³-hybridized carbons (Fsp3) is 0.100. The second-order valence-corrected chi connectivity index (χ2v) is 2.86. The molecule has 0 radical (unpaired) electrons. The van der Waals surface area contributed by atoms with Crippen molar-refractivity contribution in [3.8, 4) is 0 Å². The molecule has 0 saturated heterocycles. The van der Waals surface area contributed by atoms with Gasteiger partial charge in [-0.1, -0.05) is 22.7 Å². The first-order valence-electron chi connectivity index (χ1n) is 4.09. The molecule has 14 heavy (non-hydrogen) atoms. The van der Waals surface area contributed by atoms with Gasteiger partial charge in [-0.2, -0.15) is 4.79 Å². The first-order chi connectivity index (χ1) is 6.74. The van der Waals surface area contributed by atoms with Crippen LogP contribution in [0.5, 0.6) is 0 Å². The molecule has 0 aliphatic heterocycles. The summed E-state index contributed by atoms with van der Waals surface area (Å²) in [4.78, 5) is 11.5. The molecule has 0 spiro atoms. The third-order valence-corrected chi connectivity index (χ3v) is 2.05. The van der Waals surface area contributed by atoms with Crippen molar-refractivity contribution < 1.29 is 14.0 Å². The molecule has 2 aromatic rings. The maximum Gasteiger partial charge on any atom is 0.357 e. The summed E-state index contributed by atoms with van der Waals surface area (Å²) < 4.78 is 17.9. The van der Waals surface area contributed by atoms with E-state index in [1.807, 2.05) is 0 Å². The van der Waals surface area contributed by atoms with Crippen LogP contribution in [0.3, 0.4) is 0 Å². The molecule has 0 aliphatic carbocycles. The van der Waals surface area contributed by atoms with Crippen LogP contribution in [-0.4, -0.2) is 17.9 Å². The van der Waals surface area contributed by atoms with Crippen LogP contribution >= 0.6 is 0 Å². The number of esters is 1. The highest BCUT2D eigenvalue weighted by molar-refractivity contribution is 5.95. The van der Waals surface area contributed by atoms with Crippen LogP contribution in [0.4, 0.5) is 4.48 Å². The van der Waals surface area contributed by atoms with Gasteiger partial charge >= 0.3 is 5.97 Å². The molecular weight excluding hydrogens is 185 g/mol. The summed E-state index contributed by atoms with van der Waals surface area (Å²) in [7, 11) is 1.22. The highest BCUT2D eigenvalue weighted by Crippen LogP contribution is 2.19. The van der Waals surface area contributed by atoms with Gasteiger partial charge in [-0.3, -0.25) is 0 Å². The van der Waals surface area contributed by atoms with Gasteiger partial charge in [0, 0.05) is 5.39 Å². The molecule has 4 heteroatoms. The Kier molecular flexibility index (Phi) is 1.96. The zero-order valence-electron chi connectivity index (χ0n) is 7.53. The van der Waals surface area contributed by atoms with Crippen LogP contribution in [0.2, 0.25) is 0 Å². The average molecular weight is 193 g/mol. The Bertz CT molecular complexity index is 490. The largest absolute Gasteiger partial charge is 0.464 e. The van der Waals surface area contributed by atoms with Gasteiger partial charge in [0.15, 0.2) is 5.69 Å². The quantitative estimate of drug-likeness (QED) is 0.650. The molecule has 0 atom stereocenters. The highest BCUT2D eigenvalue weighted by atomic mass is 19.2. The van der Waals surface area contributed by atoms with Gasteiger partial charge in [-0.25, -0.2) is 4.79 Å². The number of hydrogen-bond acceptors (Lipinski definition) is 2. The van der Waals surface area contributed by atoms with E-state index in [1.54, 1.807) is 24.3 Å². The Morgan fingerprint density at radius 3 is 2.79 bits per heavy atom. The van der Waals surface area contributed by atoms with E-state index in [9.17, 15) is 9.28 Å². The van der Waals surface area contributed by atoms with Gasteiger partial charge in [-0.05, 0) is 12.1 Å². The minimum Gasteiger partial charge on any atom is -0.464 e. The standard InChI is InChI=1S/C10H8FNO2/c1-14-10(13)9-6-7-4-2-3-5-8(7)12(9)11/h2-6H,1H3. The first kappa shape index (κ1) is 8.74. The second kappa shape index (κ2) is 3.14. The Morgan fingerprint density at radius 1 is 1.43 bits per heavy atom. The summed E-state index contributed by atoms with van der Waals surface area (Å²) in [6.07, 6.45) is 0. The van der Waals surface area contributed by atoms with Crippen molar-refractivity contribution in [1.29, 1.82) is 0 Å². The summed E-state index contributed by atoms with van der Waals surface area (Å²) in [5, 5.41) is 0.676. The van der Waals surface area contributed by atoms with Gasteiger partial charge in [-0.15, -0.1) is 0 Å². The predicted molar refractivity (Wildman–Crippen MR) is 49.8 cm³/mol. The summed E-state index contributed by atoms with van der Waals surface area (Å²) in [5.41, 5.74) is 0.279. The summed E-state index contributed by atoms with van der Waals surface area (Å²) >= 11 is 0. The number of benzene rings is 1. The first-order valence-corrected chi connectivity index (χ1v) is 4.09. The SMILES string of the molecule is COC(=O)c1cc2ccccc2n1F. The van der Waals surface area contributed by atoms with Crippen molar-refractivity contribution in [2.45, 2.75) is 0 Å². The van der Waals surface area contributed by atoms with Crippen LogP contribution in [0.1, 0.15) is 10.5 Å². The molecule has 0 fully saturated rings. The van der Waals surface area contributed by atoms with Crippen molar-refractivity contribution in [2.75, 3.05) is 7.11 Å². The number of methoxy groups -OCH3 is 1. The summed E-state index contributed by atoms with van der Waals surface area (Å²) in [6, 6.07) is 8.28. The normalized spacial score (nSPS) is 10.4. The minimum absolute atomic E-state index is 0.0892. The zero-order chi connectivity index (χ0) is 10.1. The van der Waals surface area contributed by atoms with E-state index in [2.05, 4.69) is 4.74 Å². The van der Waals surface area contributed by atoms with Crippen molar-refractivity contribution in [2.24, 2.45) is 0 Å². The van der Waals surface area contributed by atoms with E-state index in [0.717, 1.165) is 0 Å². The molecule has 0 saturated carbocycles. The van der Waals surface area contributed by atoms with Gasteiger partial charge in [0.2, 0.25) is 0 Å². The lowest BCUT2D eigenvalue weighted by atomic mass is 10.2. The monoisotopic (exact) mass is 193 g/mol. The van der Waals surface area contributed by atoms with Crippen LogP contribution in [-0.2, 0) is 4.74 Å². The molecule has 72 valence electrons. The van der Waals surface area contributed by atoms with E-state index in [1.165, 1.54) is 13.2 Å². The minimum atomic E-state index is -0.677. The Labute approximate surface area is 79.6 Å². The zero-order valence-corrected chi connectivity index (χ0v) is 7.53. The Hall–Kier alpha value is -1.84. The van der Waals surface area contributed by atoms with Crippen LogP contribution in [0, 0.1) is 0 Å². The predicted octanol–water partition coefficient (Wildman–Crippen LogP) is 2.16. The molecule has 1 aromatic heterocycles. The molecule has 0 aliphatic rings. The van der Waals surface area contributed by atoms with Gasteiger partial charge < -0.3 is 4.74 Å². The number of carbonyl (C=O) groups excluding carboxylic acids is 1. The lowest BCUT2D eigenvalue weighted by molar-refractivity contribution is 0.0578. The van der Waals surface area contributed by atoms with Gasteiger partial charge in [0.25, 0.3) is 0 Å². The number of aromatic nitrogens is 1. The van der Waals surface area contributed by atoms with E-state index in [-0.39, 0.29) is 5.69 Å². The number of carbonyl (C=O) groups is 1. The Morgan fingerprint density at radius 2 is 2.14 bits per heavy atom. The number of hydrogen-bond donors (Lipinski definition) is 0. The number of fused-ring (bicyclic) bond motifs is 1. The molecule has 0 bridgehead atoms. The highest BCUT2D eigenvalue weighted by Gasteiger charge is 2.15.